The summed E-state index contributed by atoms with van der Waals surface area (Å²) in [6.07, 6.45) is 1.69. The second-order valence-electron chi connectivity index (χ2n) is 7.74. The second-order valence-corrected chi connectivity index (χ2v) is 9.09. The number of amides is 1. The number of carbonyl (C=O) groups excluding carboxylic acids is 1. The highest BCUT2D eigenvalue weighted by molar-refractivity contribution is 14.0. The van der Waals surface area contributed by atoms with E-state index in [9.17, 15) is 4.79 Å². The lowest BCUT2D eigenvalue weighted by atomic mass is 10.1. The molecule has 1 aromatic rings. The third kappa shape index (κ3) is 6.27. The van der Waals surface area contributed by atoms with Crippen molar-refractivity contribution < 1.29 is 4.79 Å². The Labute approximate surface area is 190 Å². The number of guanidine groups is 1. The Hall–Kier alpha value is -0.960. The minimum atomic E-state index is 0. The standard InChI is InChI=1S/C21H32N4OS.HI/c1-16(2)19-15-25(10-11-27-19)21(22-3)23-13-17-6-4-7-18(12-17)14-24-9-5-8-20(24)26;/h4,6-7,12,16,19H,5,8-11,13-15H2,1-3H3,(H,22,23);1H. The number of nitrogens with one attached hydrogen (secondary N) is 1. The highest BCUT2D eigenvalue weighted by Gasteiger charge is 2.25. The van der Waals surface area contributed by atoms with Crippen molar-refractivity contribution in [2.45, 2.75) is 45.0 Å². The summed E-state index contributed by atoms with van der Waals surface area (Å²) in [5, 5.41) is 4.20. The number of hydrogen-bond donors (Lipinski definition) is 1. The Bertz CT molecular complexity index is 682. The lowest BCUT2D eigenvalue weighted by Crippen LogP contribution is -2.48. The monoisotopic (exact) mass is 516 g/mol. The zero-order valence-electron chi connectivity index (χ0n) is 17.2. The molecule has 2 saturated heterocycles. The van der Waals surface area contributed by atoms with Crippen LogP contribution in [0.2, 0.25) is 0 Å². The molecule has 7 heteroatoms. The summed E-state index contributed by atoms with van der Waals surface area (Å²) in [6, 6.07) is 8.54. The van der Waals surface area contributed by atoms with E-state index in [4.69, 9.17) is 0 Å². The fourth-order valence-electron chi connectivity index (χ4n) is 3.71. The van der Waals surface area contributed by atoms with E-state index < -0.39 is 0 Å². The van der Waals surface area contributed by atoms with Crippen LogP contribution in [0.1, 0.15) is 37.8 Å². The number of nitrogens with zero attached hydrogens (tertiary/aromatic N) is 3. The molecular weight excluding hydrogens is 483 g/mol. The van der Waals surface area contributed by atoms with E-state index in [0.717, 1.165) is 50.9 Å². The Morgan fingerprint density at radius 2 is 2.11 bits per heavy atom. The van der Waals surface area contributed by atoms with E-state index in [-0.39, 0.29) is 29.9 Å². The summed E-state index contributed by atoms with van der Waals surface area (Å²) in [5.41, 5.74) is 2.43. The summed E-state index contributed by atoms with van der Waals surface area (Å²) >= 11 is 2.08. The van der Waals surface area contributed by atoms with Crippen LogP contribution in [-0.2, 0) is 17.9 Å². The quantitative estimate of drug-likeness (QED) is 0.370. The molecule has 3 rings (SSSR count). The molecule has 0 bridgehead atoms. The predicted molar refractivity (Wildman–Crippen MR) is 129 cm³/mol. The van der Waals surface area contributed by atoms with Crippen molar-refractivity contribution in [3.63, 3.8) is 0 Å². The van der Waals surface area contributed by atoms with Gasteiger partial charge in [0.25, 0.3) is 0 Å². The molecule has 0 aromatic heterocycles. The van der Waals surface area contributed by atoms with E-state index in [1.165, 1.54) is 11.1 Å². The molecule has 0 spiro atoms. The summed E-state index contributed by atoms with van der Waals surface area (Å²) in [5.74, 6) is 3.10. The molecule has 1 aromatic carbocycles. The van der Waals surface area contributed by atoms with Crippen molar-refractivity contribution in [2.24, 2.45) is 10.9 Å². The molecule has 156 valence electrons. The van der Waals surface area contributed by atoms with Crippen molar-refractivity contribution in [3.05, 3.63) is 35.4 Å². The van der Waals surface area contributed by atoms with Crippen LogP contribution < -0.4 is 5.32 Å². The number of hydrogen-bond acceptors (Lipinski definition) is 3. The van der Waals surface area contributed by atoms with Gasteiger partial charge in [-0.05, 0) is 23.5 Å². The maximum absolute atomic E-state index is 11.9. The normalized spacial score (nSPS) is 20.5. The summed E-state index contributed by atoms with van der Waals surface area (Å²) < 4.78 is 0. The van der Waals surface area contributed by atoms with Crippen molar-refractivity contribution in [2.75, 3.05) is 32.4 Å². The molecule has 2 aliphatic rings. The smallest absolute Gasteiger partial charge is 0.222 e. The van der Waals surface area contributed by atoms with Gasteiger partial charge in [-0.1, -0.05) is 38.1 Å². The van der Waals surface area contributed by atoms with Gasteiger partial charge < -0.3 is 15.1 Å². The maximum Gasteiger partial charge on any atom is 0.222 e. The van der Waals surface area contributed by atoms with Crippen LogP contribution >= 0.6 is 35.7 Å². The van der Waals surface area contributed by atoms with Crippen LogP contribution in [0.25, 0.3) is 0 Å². The molecule has 5 nitrogen and oxygen atoms in total. The topological polar surface area (TPSA) is 47.9 Å². The Kier molecular flexibility index (Phi) is 9.40. The van der Waals surface area contributed by atoms with Crippen molar-refractivity contribution in [3.8, 4) is 0 Å². The SMILES string of the molecule is CN=C(NCc1cccc(CN2CCCC2=O)c1)N1CCSC(C(C)C)C1.I. The minimum Gasteiger partial charge on any atom is -0.352 e. The predicted octanol–water partition coefficient (Wildman–Crippen LogP) is 3.58. The van der Waals surface area contributed by atoms with Crippen LogP contribution in [0.3, 0.4) is 0 Å². The highest BCUT2D eigenvalue weighted by atomic mass is 127. The van der Waals surface area contributed by atoms with Crippen LogP contribution in [0.5, 0.6) is 0 Å². The molecule has 2 aliphatic heterocycles. The molecule has 2 heterocycles. The average molecular weight is 516 g/mol. The number of carbonyl (C=O) groups is 1. The molecule has 0 aliphatic carbocycles. The third-order valence-electron chi connectivity index (χ3n) is 5.34. The van der Waals surface area contributed by atoms with Crippen LogP contribution in [0, 0.1) is 5.92 Å². The van der Waals surface area contributed by atoms with Gasteiger partial charge in [-0.25, -0.2) is 0 Å². The average Bonchev–Trinajstić information content (AvgIpc) is 3.07. The van der Waals surface area contributed by atoms with E-state index >= 15 is 0 Å². The molecule has 1 unspecified atom stereocenters. The first kappa shape index (κ1) is 23.3. The van der Waals surface area contributed by atoms with Gasteiger partial charge in [0.1, 0.15) is 0 Å². The van der Waals surface area contributed by atoms with Gasteiger partial charge in [0.2, 0.25) is 5.91 Å². The number of likely N-dealkylation sites (tertiary alicyclic amines) is 1. The van der Waals surface area contributed by atoms with Crippen molar-refractivity contribution >= 4 is 47.6 Å². The first-order valence-electron chi connectivity index (χ1n) is 9.99. The van der Waals surface area contributed by atoms with Gasteiger partial charge in [0.15, 0.2) is 5.96 Å². The molecule has 2 fully saturated rings. The lowest BCUT2D eigenvalue weighted by Gasteiger charge is -2.36. The van der Waals surface area contributed by atoms with Crippen LogP contribution in [0.15, 0.2) is 29.3 Å². The van der Waals surface area contributed by atoms with Crippen LogP contribution in [-0.4, -0.2) is 59.4 Å². The molecule has 0 saturated carbocycles. The molecule has 28 heavy (non-hydrogen) atoms. The molecule has 0 radical (unpaired) electrons. The Balaban J connectivity index is 0.00000280. The number of halogens is 1. The van der Waals surface area contributed by atoms with E-state index in [1.807, 2.05) is 11.9 Å². The molecule has 1 N–H and O–H groups in total. The largest absolute Gasteiger partial charge is 0.352 e. The highest BCUT2D eigenvalue weighted by Crippen LogP contribution is 2.25. The van der Waals surface area contributed by atoms with Gasteiger partial charge in [0, 0.05) is 57.2 Å². The van der Waals surface area contributed by atoms with Gasteiger partial charge in [-0.2, -0.15) is 11.8 Å². The van der Waals surface area contributed by atoms with Crippen molar-refractivity contribution in [1.29, 1.82) is 0 Å². The first-order valence-corrected chi connectivity index (χ1v) is 11.0. The van der Waals surface area contributed by atoms with Gasteiger partial charge in [-0.15, -0.1) is 24.0 Å². The van der Waals surface area contributed by atoms with Crippen molar-refractivity contribution in [1.82, 2.24) is 15.1 Å². The zero-order valence-corrected chi connectivity index (χ0v) is 20.3. The lowest BCUT2D eigenvalue weighted by molar-refractivity contribution is -0.128. The third-order valence-corrected chi connectivity index (χ3v) is 6.88. The first-order chi connectivity index (χ1) is 13.1. The van der Waals surface area contributed by atoms with E-state index in [0.29, 0.717) is 17.6 Å². The Morgan fingerprint density at radius 3 is 2.79 bits per heavy atom. The van der Waals surface area contributed by atoms with E-state index in [2.05, 4.69) is 65.1 Å². The summed E-state index contributed by atoms with van der Waals surface area (Å²) in [6.45, 7) is 9.06. The van der Waals surface area contributed by atoms with Gasteiger partial charge >= 0.3 is 0 Å². The molecule has 1 atom stereocenters. The Morgan fingerprint density at radius 1 is 1.32 bits per heavy atom. The number of rotatable bonds is 5. The van der Waals surface area contributed by atoms with Gasteiger partial charge in [0.05, 0.1) is 0 Å². The minimum absolute atomic E-state index is 0. The number of aliphatic imine (C=N–C) groups is 1. The van der Waals surface area contributed by atoms with Gasteiger partial charge in [-0.3, -0.25) is 9.79 Å². The van der Waals surface area contributed by atoms with E-state index in [1.54, 1.807) is 0 Å². The molecule has 1 amide bonds. The zero-order chi connectivity index (χ0) is 19.2. The second kappa shape index (κ2) is 11.3. The van der Waals surface area contributed by atoms with Crippen LogP contribution in [0.4, 0.5) is 0 Å². The fraction of sp³-hybridized carbons (Fsp3) is 0.619. The summed E-state index contributed by atoms with van der Waals surface area (Å²) in [4.78, 5) is 20.7. The molecular formula is C21H33IN4OS. The summed E-state index contributed by atoms with van der Waals surface area (Å²) in [7, 11) is 1.86. The maximum atomic E-state index is 11.9. The fourth-order valence-corrected chi connectivity index (χ4v) is 5.01. The number of thioether (sulfide) groups is 1. The number of benzene rings is 1.